The van der Waals surface area contributed by atoms with Gasteiger partial charge in [0.05, 0.1) is 9.82 Å². The molecule has 0 aliphatic heterocycles. The van der Waals surface area contributed by atoms with Gasteiger partial charge in [-0.1, -0.05) is 6.07 Å². The van der Waals surface area contributed by atoms with Crippen LogP contribution in [-0.2, 0) is 10.0 Å². The Labute approximate surface area is 147 Å². The van der Waals surface area contributed by atoms with E-state index in [0.717, 1.165) is 15.4 Å². The minimum Gasteiger partial charge on any atom is -0.492 e. The molecule has 0 heterocycles. The van der Waals surface area contributed by atoms with Crippen molar-refractivity contribution in [1.82, 2.24) is 4.31 Å². The molecule has 0 radical (unpaired) electrons. The number of sulfonamides is 1. The van der Waals surface area contributed by atoms with E-state index in [4.69, 9.17) is 4.74 Å². The van der Waals surface area contributed by atoms with Crippen LogP contribution in [0.25, 0.3) is 0 Å². The van der Waals surface area contributed by atoms with E-state index in [9.17, 15) is 18.5 Å². The minimum absolute atomic E-state index is 0.00648. The molecule has 0 amide bonds. The van der Waals surface area contributed by atoms with Crippen LogP contribution >= 0.6 is 0 Å². The zero-order valence-corrected chi connectivity index (χ0v) is 15.1. The predicted molar refractivity (Wildman–Crippen MR) is 94.3 cm³/mol. The molecule has 0 saturated heterocycles. The summed E-state index contributed by atoms with van der Waals surface area (Å²) in [6.45, 7) is 4.29. The second-order valence-electron chi connectivity index (χ2n) is 5.75. The van der Waals surface area contributed by atoms with E-state index in [1.807, 2.05) is 32.0 Å². The van der Waals surface area contributed by atoms with Crippen molar-refractivity contribution >= 4 is 15.7 Å². The van der Waals surface area contributed by atoms with Gasteiger partial charge in [-0.3, -0.25) is 10.1 Å². The van der Waals surface area contributed by atoms with Crippen molar-refractivity contribution in [3.63, 3.8) is 0 Å². The highest BCUT2D eigenvalue weighted by molar-refractivity contribution is 7.89. The molecular weight excluding hydrogens is 344 g/mol. The fourth-order valence-electron chi connectivity index (χ4n) is 2.35. The summed E-state index contributed by atoms with van der Waals surface area (Å²) in [5, 5.41) is 10.6. The van der Waals surface area contributed by atoms with E-state index in [1.54, 1.807) is 0 Å². The molecule has 2 aromatic carbocycles. The fraction of sp³-hybridized carbons (Fsp3) is 0.294. The van der Waals surface area contributed by atoms with E-state index in [2.05, 4.69) is 0 Å². The lowest BCUT2D eigenvalue weighted by atomic mass is 10.1. The zero-order valence-electron chi connectivity index (χ0n) is 14.3. The van der Waals surface area contributed by atoms with Crippen molar-refractivity contribution in [2.24, 2.45) is 0 Å². The van der Waals surface area contributed by atoms with Gasteiger partial charge in [0, 0.05) is 25.7 Å². The molecule has 0 N–H and O–H groups in total. The maximum absolute atomic E-state index is 12.5. The first-order chi connectivity index (χ1) is 11.7. The fourth-order valence-corrected chi connectivity index (χ4v) is 3.50. The van der Waals surface area contributed by atoms with Crippen LogP contribution < -0.4 is 4.74 Å². The molecule has 0 fully saturated rings. The molecular formula is C17H20N2O5S. The van der Waals surface area contributed by atoms with E-state index in [-0.39, 0.29) is 23.7 Å². The van der Waals surface area contributed by atoms with Gasteiger partial charge < -0.3 is 4.74 Å². The van der Waals surface area contributed by atoms with Gasteiger partial charge in [0.1, 0.15) is 12.4 Å². The lowest BCUT2D eigenvalue weighted by Crippen LogP contribution is -2.31. The zero-order chi connectivity index (χ0) is 18.6. The Morgan fingerprint density at radius 3 is 2.16 bits per heavy atom. The highest BCUT2D eigenvalue weighted by atomic mass is 32.2. The van der Waals surface area contributed by atoms with Crippen molar-refractivity contribution in [3.05, 3.63) is 63.7 Å². The molecule has 0 atom stereocenters. The average molecular weight is 364 g/mol. The summed E-state index contributed by atoms with van der Waals surface area (Å²) in [4.78, 5) is 10.1. The number of aryl methyl sites for hydroxylation is 2. The summed E-state index contributed by atoms with van der Waals surface area (Å²) in [6.07, 6.45) is 0. The Balaban J connectivity index is 2.01. The van der Waals surface area contributed by atoms with Gasteiger partial charge in [-0.15, -0.1) is 0 Å². The predicted octanol–water partition coefficient (Wildman–Crippen LogP) is 2.91. The summed E-state index contributed by atoms with van der Waals surface area (Å²) in [7, 11) is -2.28. The number of non-ortho nitro benzene ring substituents is 1. The Morgan fingerprint density at radius 1 is 1.08 bits per heavy atom. The number of hydrogen-bond acceptors (Lipinski definition) is 5. The summed E-state index contributed by atoms with van der Waals surface area (Å²) in [5.74, 6) is 0.693. The van der Waals surface area contributed by atoms with Gasteiger partial charge in [-0.2, -0.15) is 4.31 Å². The molecule has 0 aliphatic rings. The van der Waals surface area contributed by atoms with Gasteiger partial charge in [0.2, 0.25) is 10.0 Å². The lowest BCUT2D eigenvalue weighted by Gasteiger charge is -2.17. The Hall–Kier alpha value is -2.45. The van der Waals surface area contributed by atoms with E-state index in [0.29, 0.717) is 5.75 Å². The third-order valence-electron chi connectivity index (χ3n) is 3.63. The van der Waals surface area contributed by atoms with Crippen LogP contribution in [-0.4, -0.2) is 37.8 Å². The monoisotopic (exact) mass is 364 g/mol. The number of ether oxygens (including phenoxy) is 1. The standard InChI is InChI=1S/C17H20N2O5S/c1-13-10-14(2)12-16(11-13)24-9-8-18(3)25(22,23)17-6-4-15(5-7-17)19(20)21/h4-7,10-12H,8-9H2,1-3H3. The number of nitro benzene ring substituents is 1. The quantitative estimate of drug-likeness (QED) is 0.557. The van der Waals surface area contributed by atoms with Gasteiger partial charge in [-0.25, -0.2) is 8.42 Å². The average Bonchev–Trinajstić information content (AvgIpc) is 2.53. The number of rotatable bonds is 7. The highest BCUT2D eigenvalue weighted by Crippen LogP contribution is 2.19. The number of hydrogen-bond donors (Lipinski definition) is 0. The molecule has 0 unspecified atom stereocenters. The molecule has 0 spiro atoms. The highest BCUT2D eigenvalue weighted by Gasteiger charge is 2.21. The maximum Gasteiger partial charge on any atom is 0.269 e. The topological polar surface area (TPSA) is 89.8 Å². The minimum atomic E-state index is -3.72. The van der Waals surface area contributed by atoms with Crippen LogP contribution in [0.3, 0.4) is 0 Å². The van der Waals surface area contributed by atoms with Gasteiger partial charge in [0.15, 0.2) is 0 Å². The molecule has 0 bridgehead atoms. The van der Waals surface area contributed by atoms with Crippen LogP contribution in [0.4, 0.5) is 5.69 Å². The third kappa shape index (κ3) is 4.77. The molecule has 0 aliphatic carbocycles. The van der Waals surface area contributed by atoms with Crippen molar-refractivity contribution in [3.8, 4) is 5.75 Å². The van der Waals surface area contributed by atoms with Crippen LogP contribution in [0.15, 0.2) is 47.4 Å². The van der Waals surface area contributed by atoms with Crippen molar-refractivity contribution < 1.29 is 18.1 Å². The van der Waals surface area contributed by atoms with Crippen LogP contribution in [0, 0.1) is 24.0 Å². The van der Waals surface area contributed by atoms with Gasteiger partial charge in [-0.05, 0) is 49.2 Å². The summed E-state index contributed by atoms with van der Waals surface area (Å²) in [5.41, 5.74) is 1.99. The number of benzene rings is 2. The first kappa shape index (κ1) is 18.9. The Morgan fingerprint density at radius 2 is 1.64 bits per heavy atom. The normalized spacial score (nSPS) is 11.5. The van der Waals surface area contributed by atoms with Gasteiger partial charge in [0.25, 0.3) is 5.69 Å². The van der Waals surface area contributed by atoms with Crippen molar-refractivity contribution in [2.75, 3.05) is 20.2 Å². The summed E-state index contributed by atoms with van der Waals surface area (Å²) >= 11 is 0. The summed E-state index contributed by atoms with van der Waals surface area (Å²) < 4.78 is 31.7. The third-order valence-corrected chi connectivity index (χ3v) is 5.50. The van der Waals surface area contributed by atoms with Crippen LogP contribution in [0.5, 0.6) is 5.75 Å². The largest absolute Gasteiger partial charge is 0.492 e. The van der Waals surface area contributed by atoms with Crippen LogP contribution in [0.2, 0.25) is 0 Å². The molecule has 134 valence electrons. The number of nitrogens with zero attached hydrogens (tertiary/aromatic N) is 2. The van der Waals surface area contributed by atoms with E-state index >= 15 is 0 Å². The Kier molecular flexibility index (Phi) is 5.76. The lowest BCUT2D eigenvalue weighted by molar-refractivity contribution is -0.384. The van der Waals surface area contributed by atoms with Crippen molar-refractivity contribution in [2.45, 2.75) is 18.7 Å². The molecule has 7 nitrogen and oxygen atoms in total. The molecule has 8 heteroatoms. The van der Waals surface area contributed by atoms with Crippen LogP contribution in [0.1, 0.15) is 11.1 Å². The molecule has 2 aromatic rings. The smallest absolute Gasteiger partial charge is 0.269 e. The van der Waals surface area contributed by atoms with Gasteiger partial charge >= 0.3 is 0 Å². The summed E-state index contributed by atoms with van der Waals surface area (Å²) in [6, 6.07) is 10.6. The van der Waals surface area contributed by atoms with E-state index < -0.39 is 14.9 Å². The number of nitro groups is 1. The molecule has 2 rings (SSSR count). The first-order valence-corrected chi connectivity index (χ1v) is 9.06. The second kappa shape index (κ2) is 7.62. The maximum atomic E-state index is 12.5. The SMILES string of the molecule is Cc1cc(C)cc(OCCN(C)S(=O)(=O)c2ccc([N+](=O)[O-])cc2)c1. The van der Waals surface area contributed by atoms with Crippen molar-refractivity contribution in [1.29, 1.82) is 0 Å². The van der Waals surface area contributed by atoms with E-state index in [1.165, 1.54) is 31.3 Å². The molecule has 25 heavy (non-hydrogen) atoms. The molecule has 0 aromatic heterocycles. The first-order valence-electron chi connectivity index (χ1n) is 7.62. The molecule has 0 saturated carbocycles. The Bertz CT molecular complexity index is 843. The second-order valence-corrected chi connectivity index (χ2v) is 7.79. The number of likely N-dealkylation sites (N-methyl/N-ethyl adjacent to an activating group) is 1.